The second-order valence-electron chi connectivity index (χ2n) is 5.05. The SMILES string of the molecule is NCCNC(=O)C1CCCN(CCc2cccs2)C1. The third kappa shape index (κ3) is 4.60. The van der Waals surface area contributed by atoms with Gasteiger partial charge in [0.25, 0.3) is 0 Å². The molecule has 4 nitrogen and oxygen atoms in total. The average Bonchev–Trinajstić information content (AvgIpc) is 2.96. The normalized spacial score (nSPS) is 20.4. The van der Waals surface area contributed by atoms with E-state index >= 15 is 0 Å². The summed E-state index contributed by atoms with van der Waals surface area (Å²) in [7, 11) is 0. The van der Waals surface area contributed by atoms with Crippen LogP contribution in [0.1, 0.15) is 17.7 Å². The van der Waals surface area contributed by atoms with E-state index in [0.29, 0.717) is 13.1 Å². The molecule has 0 spiro atoms. The highest BCUT2D eigenvalue weighted by Gasteiger charge is 2.25. The lowest BCUT2D eigenvalue weighted by Gasteiger charge is -2.31. The van der Waals surface area contributed by atoms with Crippen LogP contribution in [0.15, 0.2) is 17.5 Å². The van der Waals surface area contributed by atoms with Gasteiger partial charge in [0, 0.05) is 31.1 Å². The maximum absolute atomic E-state index is 11.9. The Bertz CT molecular complexity index is 380. The van der Waals surface area contributed by atoms with E-state index in [2.05, 4.69) is 27.7 Å². The van der Waals surface area contributed by atoms with Crippen molar-refractivity contribution in [3.8, 4) is 0 Å². The number of nitrogens with zero attached hydrogens (tertiary/aromatic N) is 1. The van der Waals surface area contributed by atoms with Gasteiger partial charge in [-0.3, -0.25) is 4.79 Å². The summed E-state index contributed by atoms with van der Waals surface area (Å²) in [6.45, 7) is 4.17. The highest BCUT2D eigenvalue weighted by Crippen LogP contribution is 2.18. The fraction of sp³-hybridized carbons (Fsp3) is 0.643. The van der Waals surface area contributed by atoms with Crippen molar-refractivity contribution in [3.05, 3.63) is 22.4 Å². The van der Waals surface area contributed by atoms with Crippen molar-refractivity contribution < 1.29 is 4.79 Å². The molecular weight excluding hydrogens is 258 g/mol. The van der Waals surface area contributed by atoms with Gasteiger partial charge in [-0.2, -0.15) is 0 Å². The Balaban J connectivity index is 1.75. The first kappa shape index (κ1) is 14.5. The molecule has 1 saturated heterocycles. The van der Waals surface area contributed by atoms with Crippen LogP contribution in [-0.4, -0.2) is 43.5 Å². The van der Waals surface area contributed by atoms with Gasteiger partial charge in [-0.1, -0.05) is 6.07 Å². The van der Waals surface area contributed by atoms with E-state index in [0.717, 1.165) is 38.9 Å². The Morgan fingerprint density at radius 2 is 2.47 bits per heavy atom. The fourth-order valence-electron chi connectivity index (χ4n) is 2.54. The van der Waals surface area contributed by atoms with E-state index in [4.69, 9.17) is 5.73 Å². The summed E-state index contributed by atoms with van der Waals surface area (Å²) in [6, 6.07) is 4.28. The standard InChI is InChI=1S/C14H23N3OS/c15-6-7-16-14(18)12-3-1-8-17(11-12)9-5-13-4-2-10-19-13/h2,4,10,12H,1,3,5-9,11,15H2,(H,16,18). The first-order chi connectivity index (χ1) is 9.29. The highest BCUT2D eigenvalue weighted by atomic mass is 32.1. The number of nitrogens with one attached hydrogen (secondary N) is 1. The number of thiophene rings is 1. The molecule has 2 heterocycles. The van der Waals surface area contributed by atoms with Gasteiger partial charge in [0.1, 0.15) is 0 Å². The molecule has 0 aliphatic carbocycles. The van der Waals surface area contributed by atoms with Crippen LogP contribution in [0.3, 0.4) is 0 Å². The molecule has 5 heteroatoms. The van der Waals surface area contributed by atoms with Gasteiger partial charge < -0.3 is 16.0 Å². The lowest BCUT2D eigenvalue weighted by Crippen LogP contribution is -2.44. The molecule has 0 bridgehead atoms. The van der Waals surface area contributed by atoms with Crippen LogP contribution in [0.2, 0.25) is 0 Å². The zero-order valence-corrected chi connectivity index (χ0v) is 12.1. The van der Waals surface area contributed by atoms with E-state index in [9.17, 15) is 4.79 Å². The molecule has 3 N–H and O–H groups in total. The number of nitrogens with two attached hydrogens (primary N) is 1. The zero-order chi connectivity index (χ0) is 13.5. The van der Waals surface area contributed by atoms with Crippen molar-refractivity contribution in [1.29, 1.82) is 0 Å². The summed E-state index contributed by atoms with van der Waals surface area (Å²) in [5, 5.41) is 5.02. The summed E-state index contributed by atoms with van der Waals surface area (Å²) in [5.74, 6) is 0.315. The monoisotopic (exact) mass is 281 g/mol. The molecule has 106 valence electrons. The molecule has 19 heavy (non-hydrogen) atoms. The largest absolute Gasteiger partial charge is 0.355 e. The average molecular weight is 281 g/mol. The predicted molar refractivity (Wildman–Crippen MR) is 79.3 cm³/mol. The number of hydrogen-bond acceptors (Lipinski definition) is 4. The van der Waals surface area contributed by atoms with E-state index < -0.39 is 0 Å². The first-order valence-corrected chi connectivity index (χ1v) is 7.90. The molecule has 0 radical (unpaired) electrons. The molecule has 1 amide bonds. The van der Waals surface area contributed by atoms with Crippen LogP contribution < -0.4 is 11.1 Å². The van der Waals surface area contributed by atoms with Crippen molar-refractivity contribution >= 4 is 17.2 Å². The second kappa shape index (κ2) is 7.62. The summed E-state index contributed by atoms with van der Waals surface area (Å²) in [4.78, 5) is 15.8. The summed E-state index contributed by atoms with van der Waals surface area (Å²) >= 11 is 1.81. The highest BCUT2D eigenvalue weighted by molar-refractivity contribution is 7.09. The molecule has 1 aromatic rings. The number of piperidine rings is 1. The van der Waals surface area contributed by atoms with Crippen molar-refractivity contribution in [3.63, 3.8) is 0 Å². The van der Waals surface area contributed by atoms with Crippen molar-refractivity contribution in [2.75, 3.05) is 32.7 Å². The molecule has 0 saturated carbocycles. The Labute approximate surface area is 119 Å². The van der Waals surface area contributed by atoms with Crippen LogP contribution >= 0.6 is 11.3 Å². The third-order valence-corrected chi connectivity index (χ3v) is 4.51. The summed E-state index contributed by atoms with van der Waals surface area (Å²) in [6.07, 6.45) is 3.21. The molecule has 1 aliphatic heterocycles. The van der Waals surface area contributed by atoms with Gasteiger partial charge in [0.15, 0.2) is 0 Å². The molecule has 2 rings (SSSR count). The minimum absolute atomic E-state index is 0.142. The lowest BCUT2D eigenvalue weighted by molar-refractivity contribution is -0.126. The lowest BCUT2D eigenvalue weighted by atomic mass is 9.97. The zero-order valence-electron chi connectivity index (χ0n) is 11.3. The third-order valence-electron chi connectivity index (χ3n) is 3.57. The van der Waals surface area contributed by atoms with Crippen molar-refractivity contribution in [2.45, 2.75) is 19.3 Å². The predicted octanol–water partition coefficient (Wildman–Crippen LogP) is 1.08. The van der Waals surface area contributed by atoms with Gasteiger partial charge in [-0.05, 0) is 37.3 Å². The smallest absolute Gasteiger partial charge is 0.224 e. The van der Waals surface area contributed by atoms with Crippen LogP contribution in [0.4, 0.5) is 0 Å². The first-order valence-electron chi connectivity index (χ1n) is 7.02. The minimum Gasteiger partial charge on any atom is -0.355 e. The quantitative estimate of drug-likeness (QED) is 0.820. The number of likely N-dealkylation sites (tertiary alicyclic amines) is 1. The number of rotatable bonds is 6. The number of carbonyl (C=O) groups is 1. The Morgan fingerprint density at radius 3 is 3.21 bits per heavy atom. The van der Waals surface area contributed by atoms with E-state index in [1.165, 1.54) is 4.88 Å². The topological polar surface area (TPSA) is 58.4 Å². The molecule has 1 fully saturated rings. The minimum atomic E-state index is 0.142. The maximum Gasteiger partial charge on any atom is 0.224 e. The van der Waals surface area contributed by atoms with E-state index in [1.54, 1.807) is 0 Å². The van der Waals surface area contributed by atoms with Crippen LogP contribution in [0.5, 0.6) is 0 Å². The molecule has 1 atom stereocenters. The molecule has 0 aromatic carbocycles. The van der Waals surface area contributed by atoms with Crippen LogP contribution in [0, 0.1) is 5.92 Å². The summed E-state index contributed by atoms with van der Waals surface area (Å²) in [5.41, 5.74) is 5.41. The molecule has 1 aromatic heterocycles. The Hall–Kier alpha value is -0.910. The second-order valence-corrected chi connectivity index (χ2v) is 6.08. The number of hydrogen-bond donors (Lipinski definition) is 2. The maximum atomic E-state index is 11.9. The van der Waals surface area contributed by atoms with E-state index in [1.807, 2.05) is 11.3 Å². The number of amides is 1. The van der Waals surface area contributed by atoms with Gasteiger partial charge in [0.2, 0.25) is 5.91 Å². The van der Waals surface area contributed by atoms with Gasteiger partial charge in [-0.25, -0.2) is 0 Å². The molecular formula is C14H23N3OS. The fourth-order valence-corrected chi connectivity index (χ4v) is 3.23. The Morgan fingerprint density at radius 1 is 1.58 bits per heavy atom. The van der Waals surface area contributed by atoms with Gasteiger partial charge in [-0.15, -0.1) is 11.3 Å². The number of carbonyl (C=O) groups excluding carboxylic acids is 1. The molecule has 1 aliphatic rings. The molecule has 1 unspecified atom stereocenters. The van der Waals surface area contributed by atoms with Crippen LogP contribution in [0.25, 0.3) is 0 Å². The van der Waals surface area contributed by atoms with E-state index in [-0.39, 0.29) is 11.8 Å². The van der Waals surface area contributed by atoms with Gasteiger partial charge in [0.05, 0.1) is 5.92 Å². The van der Waals surface area contributed by atoms with Gasteiger partial charge >= 0.3 is 0 Å². The Kier molecular flexibility index (Phi) is 5.82. The van der Waals surface area contributed by atoms with Crippen molar-refractivity contribution in [1.82, 2.24) is 10.2 Å². The summed E-state index contributed by atoms with van der Waals surface area (Å²) < 4.78 is 0. The van der Waals surface area contributed by atoms with Crippen LogP contribution in [-0.2, 0) is 11.2 Å². The van der Waals surface area contributed by atoms with Crippen molar-refractivity contribution in [2.24, 2.45) is 11.7 Å².